The van der Waals surface area contributed by atoms with E-state index in [0.717, 1.165) is 72.0 Å². The molecule has 3 aromatic heterocycles. The molecule has 0 aliphatic heterocycles. The van der Waals surface area contributed by atoms with Gasteiger partial charge in [0, 0.05) is 33.5 Å². The summed E-state index contributed by atoms with van der Waals surface area (Å²) < 4.78 is 8.90. The van der Waals surface area contributed by atoms with Crippen LogP contribution in [-0.2, 0) is 0 Å². The Balaban J connectivity index is 1.10. The van der Waals surface area contributed by atoms with E-state index in [4.69, 9.17) is 4.42 Å². The average Bonchev–Trinajstić information content (AvgIpc) is 3.89. The Kier molecular flexibility index (Phi) is 7.46. The lowest BCUT2D eigenvalue weighted by molar-refractivity contribution is 0.670. The van der Waals surface area contributed by atoms with Gasteiger partial charge in [0.05, 0.1) is 0 Å². The fourth-order valence-electron chi connectivity index (χ4n) is 8.24. The second-order valence-corrected chi connectivity index (χ2v) is 14.2. The van der Waals surface area contributed by atoms with Gasteiger partial charge in [-0.3, -0.25) is 4.40 Å². The van der Waals surface area contributed by atoms with Crippen LogP contribution in [0.4, 0.5) is 0 Å². The van der Waals surface area contributed by atoms with Crippen LogP contribution in [0.25, 0.3) is 105 Å². The Labute approximate surface area is 323 Å². The number of hydrogen-bond acceptors (Lipinski definition) is 3. The van der Waals surface area contributed by atoms with Crippen LogP contribution in [0, 0.1) is 0 Å². The first-order valence-corrected chi connectivity index (χ1v) is 18.9. The van der Waals surface area contributed by atoms with Gasteiger partial charge in [0.15, 0.2) is 11.5 Å². The van der Waals surface area contributed by atoms with Crippen LogP contribution in [0.1, 0.15) is 0 Å². The van der Waals surface area contributed by atoms with Crippen molar-refractivity contribution in [3.63, 3.8) is 0 Å². The summed E-state index contributed by atoms with van der Waals surface area (Å²) in [5.41, 5.74) is 15.0. The molecule has 0 unspecified atom stereocenters. The summed E-state index contributed by atoms with van der Waals surface area (Å²) in [4.78, 5) is 0. The fourth-order valence-corrected chi connectivity index (χ4v) is 8.24. The van der Waals surface area contributed by atoms with Crippen molar-refractivity contribution >= 4 is 38.4 Å². The van der Waals surface area contributed by atoms with Crippen molar-refractivity contribution in [2.24, 2.45) is 0 Å². The minimum atomic E-state index is 0.806. The van der Waals surface area contributed by atoms with Crippen LogP contribution in [0.3, 0.4) is 0 Å². The predicted molar refractivity (Wildman–Crippen MR) is 230 cm³/mol. The molecule has 0 saturated carbocycles. The zero-order valence-electron chi connectivity index (χ0n) is 30.3. The Morgan fingerprint density at radius 3 is 1.59 bits per heavy atom. The minimum absolute atomic E-state index is 0.806. The molecule has 0 aliphatic rings. The zero-order valence-corrected chi connectivity index (χ0v) is 30.3. The lowest BCUT2D eigenvalue weighted by Crippen LogP contribution is -1.91. The van der Waals surface area contributed by atoms with Crippen LogP contribution in [0.5, 0.6) is 0 Å². The van der Waals surface area contributed by atoms with Gasteiger partial charge in [-0.2, -0.15) is 0 Å². The molecule has 0 radical (unpaired) electrons. The molecule has 0 amide bonds. The molecule has 0 spiro atoms. The molecule has 0 bridgehead atoms. The van der Waals surface area contributed by atoms with E-state index in [2.05, 4.69) is 203 Å². The van der Waals surface area contributed by atoms with E-state index in [0.29, 0.717) is 0 Å². The van der Waals surface area contributed by atoms with Gasteiger partial charge < -0.3 is 4.42 Å². The zero-order chi connectivity index (χ0) is 37.0. The Morgan fingerprint density at radius 2 is 0.893 bits per heavy atom. The Morgan fingerprint density at radius 1 is 0.357 bits per heavy atom. The molecule has 0 atom stereocenters. The third-order valence-electron chi connectivity index (χ3n) is 11.0. The number of furan rings is 1. The van der Waals surface area contributed by atoms with Gasteiger partial charge in [0.25, 0.3) is 0 Å². The van der Waals surface area contributed by atoms with Gasteiger partial charge in [-0.25, -0.2) is 0 Å². The summed E-state index contributed by atoms with van der Waals surface area (Å²) in [6.07, 6.45) is 2.05. The third kappa shape index (κ3) is 5.31. The quantitative estimate of drug-likeness (QED) is 0.172. The Hall–Kier alpha value is -7.56. The van der Waals surface area contributed by atoms with E-state index < -0.39 is 0 Å². The van der Waals surface area contributed by atoms with E-state index in [9.17, 15) is 0 Å². The van der Waals surface area contributed by atoms with Crippen molar-refractivity contribution in [3.8, 4) is 67.0 Å². The molecule has 8 aromatic carbocycles. The molecule has 11 aromatic rings. The first kappa shape index (κ1) is 31.9. The highest BCUT2D eigenvalue weighted by Crippen LogP contribution is 2.44. The van der Waals surface area contributed by atoms with E-state index in [1.165, 1.54) is 33.4 Å². The SMILES string of the molecule is c1ccc(-c2ccccc2-c2ccc3oc4c(-c5ccc(-c6nnc7c8ccccc8ccn67)cc5)cc(-c5ccccc5-c5ccccc5)cc4c3c2)cc1. The van der Waals surface area contributed by atoms with Crippen molar-refractivity contribution < 1.29 is 4.42 Å². The van der Waals surface area contributed by atoms with Crippen LogP contribution < -0.4 is 0 Å². The van der Waals surface area contributed by atoms with Gasteiger partial charge in [0.1, 0.15) is 11.2 Å². The maximum atomic E-state index is 6.82. The maximum Gasteiger partial charge on any atom is 0.168 e. The van der Waals surface area contributed by atoms with Gasteiger partial charge in [-0.1, -0.05) is 164 Å². The van der Waals surface area contributed by atoms with Gasteiger partial charge in [-0.05, 0) is 85.8 Å². The number of benzene rings is 8. The molecule has 4 heteroatoms. The number of hydrogen-bond donors (Lipinski definition) is 0. The second kappa shape index (κ2) is 13.1. The number of aromatic nitrogens is 3. The van der Waals surface area contributed by atoms with E-state index >= 15 is 0 Å². The van der Waals surface area contributed by atoms with Crippen LogP contribution in [0.2, 0.25) is 0 Å². The maximum absolute atomic E-state index is 6.82. The molecule has 0 saturated heterocycles. The fraction of sp³-hybridized carbons (Fsp3) is 0. The van der Waals surface area contributed by atoms with Gasteiger partial charge >= 0.3 is 0 Å². The minimum Gasteiger partial charge on any atom is -0.455 e. The average molecular weight is 716 g/mol. The van der Waals surface area contributed by atoms with E-state index in [1.807, 2.05) is 12.1 Å². The third-order valence-corrected chi connectivity index (χ3v) is 11.0. The Bertz CT molecular complexity index is 3230. The summed E-state index contributed by atoms with van der Waals surface area (Å²) in [5, 5.41) is 13.6. The van der Waals surface area contributed by atoms with Crippen molar-refractivity contribution in [1.82, 2.24) is 14.6 Å². The first-order valence-electron chi connectivity index (χ1n) is 18.9. The molecule has 3 heterocycles. The smallest absolute Gasteiger partial charge is 0.168 e. The van der Waals surface area contributed by atoms with Crippen LogP contribution >= 0.6 is 0 Å². The lowest BCUT2D eigenvalue weighted by atomic mass is 9.90. The highest BCUT2D eigenvalue weighted by Gasteiger charge is 2.19. The summed E-state index contributed by atoms with van der Waals surface area (Å²) in [7, 11) is 0. The number of pyridine rings is 1. The molecule has 0 aliphatic carbocycles. The topological polar surface area (TPSA) is 43.3 Å². The predicted octanol–water partition coefficient (Wildman–Crippen LogP) is 13.8. The molecular weight excluding hydrogens is 683 g/mol. The normalized spacial score (nSPS) is 11.6. The standard InChI is InChI=1S/C52H33N3O/c1-3-13-34(14-4-1)41-18-9-11-20-43(41)39-27-28-49-47(31-39)48-33-40(44-21-12-10-19-42(44)35-15-5-2-6-16-35)32-46(50(48)56-49)37-23-25-38(26-24-37)51-53-54-52-45-22-8-7-17-36(45)29-30-55(51)52/h1-33H. The van der Waals surface area contributed by atoms with Crippen molar-refractivity contribution in [2.75, 3.05) is 0 Å². The number of nitrogens with zero attached hydrogens (tertiary/aromatic N) is 3. The van der Waals surface area contributed by atoms with Crippen molar-refractivity contribution in [1.29, 1.82) is 0 Å². The highest BCUT2D eigenvalue weighted by molar-refractivity contribution is 6.13. The summed E-state index contributed by atoms with van der Waals surface area (Å²) in [6, 6.07) is 68.7. The molecular formula is C52H33N3O. The van der Waals surface area contributed by atoms with Gasteiger partial charge in [-0.15, -0.1) is 10.2 Å². The molecule has 56 heavy (non-hydrogen) atoms. The first-order chi connectivity index (χ1) is 27.8. The van der Waals surface area contributed by atoms with Crippen LogP contribution in [-0.4, -0.2) is 14.6 Å². The second-order valence-electron chi connectivity index (χ2n) is 14.2. The van der Waals surface area contributed by atoms with Crippen molar-refractivity contribution in [3.05, 3.63) is 200 Å². The van der Waals surface area contributed by atoms with Crippen LogP contribution in [0.15, 0.2) is 205 Å². The number of rotatable bonds is 6. The summed E-state index contributed by atoms with van der Waals surface area (Å²) >= 11 is 0. The molecule has 0 N–H and O–H groups in total. The molecule has 262 valence electrons. The van der Waals surface area contributed by atoms with Gasteiger partial charge in [0.2, 0.25) is 0 Å². The molecule has 0 fully saturated rings. The summed E-state index contributed by atoms with van der Waals surface area (Å²) in [5.74, 6) is 0.806. The highest BCUT2D eigenvalue weighted by atomic mass is 16.3. The molecule has 4 nitrogen and oxygen atoms in total. The van der Waals surface area contributed by atoms with E-state index in [1.54, 1.807) is 0 Å². The largest absolute Gasteiger partial charge is 0.455 e. The van der Waals surface area contributed by atoms with Crippen molar-refractivity contribution in [2.45, 2.75) is 0 Å². The lowest BCUT2D eigenvalue weighted by Gasteiger charge is -2.13. The summed E-state index contributed by atoms with van der Waals surface area (Å²) in [6.45, 7) is 0. The monoisotopic (exact) mass is 715 g/mol. The number of fused-ring (bicyclic) bond motifs is 6. The molecule has 11 rings (SSSR count). The van der Waals surface area contributed by atoms with E-state index in [-0.39, 0.29) is 0 Å².